The third-order valence-electron chi connectivity index (χ3n) is 3.38. The minimum absolute atomic E-state index is 0.244. The smallest absolute Gasteiger partial charge is 0.133 e. The van der Waals surface area contributed by atoms with Crippen molar-refractivity contribution in [2.24, 2.45) is 5.73 Å². The molecule has 2 aromatic carbocycles. The van der Waals surface area contributed by atoms with Crippen molar-refractivity contribution >= 4 is 15.9 Å². The van der Waals surface area contributed by atoms with Crippen molar-refractivity contribution in [3.05, 3.63) is 57.3 Å². The van der Waals surface area contributed by atoms with Crippen molar-refractivity contribution in [2.45, 2.75) is 13.0 Å². The predicted octanol–water partition coefficient (Wildman–Crippen LogP) is 3.96. The quantitative estimate of drug-likeness (QED) is 0.904. The lowest BCUT2D eigenvalue weighted by Gasteiger charge is -2.18. The van der Waals surface area contributed by atoms with Crippen LogP contribution in [0.3, 0.4) is 0 Å². The number of halogens is 2. The topological polar surface area (TPSA) is 44.5 Å². The lowest BCUT2D eigenvalue weighted by molar-refractivity contribution is 0.395. The summed E-state index contributed by atoms with van der Waals surface area (Å²) in [5.41, 5.74) is 8.47. The van der Waals surface area contributed by atoms with E-state index in [1.54, 1.807) is 33.3 Å². The second-order valence-corrected chi connectivity index (χ2v) is 5.57. The Kier molecular flexibility index (Phi) is 4.85. The molecule has 0 saturated carbocycles. The SMILES string of the molecule is COc1cc(C(N)c2ccc(F)c(C)c2)c(OC)cc1Br. The first-order chi connectivity index (χ1) is 9.97. The zero-order valence-electron chi connectivity index (χ0n) is 12.1. The van der Waals surface area contributed by atoms with Crippen LogP contribution in [-0.4, -0.2) is 14.2 Å². The summed E-state index contributed by atoms with van der Waals surface area (Å²) in [6.07, 6.45) is 0. The first-order valence-electron chi connectivity index (χ1n) is 6.41. The summed E-state index contributed by atoms with van der Waals surface area (Å²) < 4.78 is 24.9. The van der Waals surface area contributed by atoms with E-state index in [-0.39, 0.29) is 5.82 Å². The zero-order chi connectivity index (χ0) is 15.6. The molecule has 2 aromatic rings. The van der Waals surface area contributed by atoms with Crippen LogP contribution in [0.2, 0.25) is 0 Å². The summed E-state index contributed by atoms with van der Waals surface area (Å²) in [5.74, 6) is 1.07. The number of hydrogen-bond acceptors (Lipinski definition) is 3. The van der Waals surface area contributed by atoms with Gasteiger partial charge < -0.3 is 15.2 Å². The van der Waals surface area contributed by atoms with E-state index in [1.165, 1.54) is 6.07 Å². The molecule has 1 unspecified atom stereocenters. The summed E-state index contributed by atoms with van der Waals surface area (Å²) >= 11 is 3.41. The van der Waals surface area contributed by atoms with Gasteiger partial charge in [0.15, 0.2) is 0 Å². The molecule has 0 aliphatic heterocycles. The first-order valence-corrected chi connectivity index (χ1v) is 7.20. The number of aryl methyl sites for hydroxylation is 1. The largest absolute Gasteiger partial charge is 0.496 e. The fourth-order valence-electron chi connectivity index (χ4n) is 2.17. The molecule has 0 aliphatic carbocycles. The number of methoxy groups -OCH3 is 2. The van der Waals surface area contributed by atoms with Crippen molar-refractivity contribution in [1.29, 1.82) is 0 Å². The summed E-state index contributed by atoms with van der Waals surface area (Å²) in [4.78, 5) is 0. The van der Waals surface area contributed by atoms with E-state index >= 15 is 0 Å². The van der Waals surface area contributed by atoms with E-state index in [2.05, 4.69) is 15.9 Å². The fraction of sp³-hybridized carbons (Fsp3) is 0.250. The fourth-order valence-corrected chi connectivity index (χ4v) is 2.65. The number of benzene rings is 2. The lowest BCUT2D eigenvalue weighted by atomic mass is 9.97. The van der Waals surface area contributed by atoms with Crippen LogP contribution in [0.15, 0.2) is 34.8 Å². The van der Waals surface area contributed by atoms with Crippen LogP contribution in [0.25, 0.3) is 0 Å². The van der Waals surface area contributed by atoms with Crippen LogP contribution in [0, 0.1) is 12.7 Å². The van der Waals surface area contributed by atoms with Crippen LogP contribution >= 0.6 is 15.9 Å². The lowest BCUT2D eigenvalue weighted by Crippen LogP contribution is -2.14. The van der Waals surface area contributed by atoms with Crippen molar-refractivity contribution in [2.75, 3.05) is 14.2 Å². The van der Waals surface area contributed by atoms with Gasteiger partial charge in [0.1, 0.15) is 17.3 Å². The number of hydrogen-bond donors (Lipinski definition) is 1. The standard InChI is InChI=1S/C16H17BrFNO2/c1-9-6-10(4-5-13(9)18)16(19)11-7-15(21-3)12(17)8-14(11)20-2/h4-8,16H,19H2,1-3H3. The first kappa shape index (κ1) is 15.8. The molecule has 0 aliphatic rings. The monoisotopic (exact) mass is 353 g/mol. The normalized spacial score (nSPS) is 12.1. The molecule has 2 N–H and O–H groups in total. The molecular weight excluding hydrogens is 337 g/mol. The maximum absolute atomic E-state index is 13.4. The molecule has 5 heteroatoms. The third-order valence-corrected chi connectivity index (χ3v) is 4.00. The average molecular weight is 354 g/mol. The molecule has 0 heterocycles. The van der Waals surface area contributed by atoms with Crippen LogP contribution in [0.4, 0.5) is 4.39 Å². The van der Waals surface area contributed by atoms with Gasteiger partial charge in [-0.2, -0.15) is 0 Å². The molecule has 112 valence electrons. The molecule has 0 bridgehead atoms. The van der Waals surface area contributed by atoms with Gasteiger partial charge in [-0.05, 0) is 52.2 Å². The molecule has 0 fully saturated rings. The van der Waals surface area contributed by atoms with Gasteiger partial charge in [-0.3, -0.25) is 0 Å². The van der Waals surface area contributed by atoms with Crippen LogP contribution < -0.4 is 15.2 Å². The van der Waals surface area contributed by atoms with Gasteiger partial charge in [0.25, 0.3) is 0 Å². The number of rotatable bonds is 4. The van der Waals surface area contributed by atoms with E-state index in [1.807, 2.05) is 12.1 Å². The number of nitrogens with two attached hydrogens (primary N) is 1. The van der Waals surface area contributed by atoms with Gasteiger partial charge in [-0.25, -0.2) is 4.39 Å². The Morgan fingerprint density at radius 3 is 2.33 bits per heavy atom. The number of ether oxygens (including phenoxy) is 2. The highest BCUT2D eigenvalue weighted by molar-refractivity contribution is 9.10. The van der Waals surface area contributed by atoms with Gasteiger partial charge in [0.05, 0.1) is 24.7 Å². The molecule has 0 saturated heterocycles. The summed E-state index contributed by atoms with van der Waals surface area (Å²) in [6.45, 7) is 1.71. The van der Waals surface area contributed by atoms with Crippen molar-refractivity contribution in [3.8, 4) is 11.5 Å². The van der Waals surface area contributed by atoms with Crippen LogP contribution in [-0.2, 0) is 0 Å². The molecule has 0 aromatic heterocycles. The molecule has 0 spiro atoms. The van der Waals surface area contributed by atoms with Crippen molar-refractivity contribution in [3.63, 3.8) is 0 Å². The Balaban J connectivity index is 2.50. The predicted molar refractivity (Wildman–Crippen MR) is 84.4 cm³/mol. The van der Waals surface area contributed by atoms with E-state index in [0.717, 1.165) is 15.6 Å². The highest BCUT2D eigenvalue weighted by Crippen LogP contribution is 2.37. The molecule has 3 nitrogen and oxygen atoms in total. The minimum atomic E-state index is -0.429. The third kappa shape index (κ3) is 3.19. The van der Waals surface area contributed by atoms with Gasteiger partial charge >= 0.3 is 0 Å². The van der Waals surface area contributed by atoms with Gasteiger partial charge in [-0.1, -0.05) is 12.1 Å². The van der Waals surface area contributed by atoms with Crippen LogP contribution in [0.1, 0.15) is 22.7 Å². The van der Waals surface area contributed by atoms with Gasteiger partial charge in [0.2, 0.25) is 0 Å². The highest BCUT2D eigenvalue weighted by atomic mass is 79.9. The van der Waals surface area contributed by atoms with Crippen molar-refractivity contribution < 1.29 is 13.9 Å². The van der Waals surface area contributed by atoms with E-state index < -0.39 is 6.04 Å². The van der Waals surface area contributed by atoms with Crippen LogP contribution in [0.5, 0.6) is 11.5 Å². The Morgan fingerprint density at radius 1 is 1.10 bits per heavy atom. The maximum atomic E-state index is 13.4. The zero-order valence-corrected chi connectivity index (χ0v) is 13.7. The van der Waals surface area contributed by atoms with Gasteiger partial charge in [0, 0.05) is 5.56 Å². The highest BCUT2D eigenvalue weighted by Gasteiger charge is 2.18. The molecule has 2 rings (SSSR count). The Morgan fingerprint density at radius 2 is 1.76 bits per heavy atom. The second kappa shape index (κ2) is 6.45. The molecule has 0 amide bonds. The Hall–Kier alpha value is -1.59. The van der Waals surface area contributed by atoms with E-state index in [0.29, 0.717) is 17.1 Å². The van der Waals surface area contributed by atoms with Gasteiger partial charge in [-0.15, -0.1) is 0 Å². The molecule has 1 atom stereocenters. The van der Waals surface area contributed by atoms with E-state index in [9.17, 15) is 4.39 Å². The minimum Gasteiger partial charge on any atom is -0.496 e. The summed E-state index contributed by atoms with van der Waals surface area (Å²) in [7, 11) is 3.17. The maximum Gasteiger partial charge on any atom is 0.133 e. The Labute approximate surface area is 132 Å². The van der Waals surface area contributed by atoms with Crippen molar-refractivity contribution in [1.82, 2.24) is 0 Å². The van der Waals surface area contributed by atoms with E-state index in [4.69, 9.17) is 15.2 Å². The summed E-state index contributed by atoms with van der Waals surface area (Å²) in [6, 6.07) is 8.06. The molecule has 0 radical (unpaired) electrons. The Bertz CT molecular complexity index is 661. The molecular formula is C16H17BrFNO2. The summed E-state index contributed by atoms with van der Waals surface area (Å²) in [5, 5.41) is 0. The average Bonchev–Trinajstić information content (AvgIpc) is 2.49. The molecule has 21 heavy (non-hydrogen) atoms. The second-order valence-electron chi connectivity index (χ2n) is 4.71.